The summed E-state index contributed by atoms with van der Waals surface area (Å²) in [4.78, 5) is 0. The van der Waals surface area contributed by atoms with Crippen LogP contribution in [-0.2, 0) is 0 Å². The zero-order valence-corrected chi connectivity index (χ0v) is 9.05. The van der Waals surface area contributed by atoms with E-state index in [1.807, 2.05) is 45.0 Å². The fraction of sp³-hybridized carbons (Fsp3) is 0.500. The average Bonchev–Trinajstić information content (AvgIpc) is 2.01. The Morgan fingerprint density at radius 2 is 2.07 bits per heavy atom. The molecular formula is C12H18FN. The van der Waals surface area contributed by atoms with E-state index in [-0.39, 0.29) is 0 Å². The largest absolute Gasteiger partial charge is 0.325 e. The van der Waals surface area contributed by atoms with Gasteiger partial charge in [0.2, 0.25) is 0 Å². The number of hydrogen-bond donors (Lipinski definition) is 1. The van der Waals surface area contributed by atoms with Gasteiger partial charge in [0, 0.05) is 12.0 Å². The quantitative estimate of drug-likeness (QED) is 0.787. The minimum absolute atomic E-state index is 0.358. The van der Waals surface area contributed by atoms with Crippen molar-refractivity contribution in [3.63, 3.8) is 0 Å². The molecule has 0 spiro atoms. The van der Waals surface area contributed by atoms with Crippen LogP contribution in [0.2, 0.25) is 0 Å². The molecule has 0 saturated carbocycles. The molecule has 14 heavy (non-hydrogen) atoms. The maximum absolute atomic E-state index is 13.7. The highest BCUT2D eigenvalue weighted by atomic mass is 19.1. The van der Waals surface area contributed by atoms with Crippen molar-refractivity contribution in [3.05, 3.63) is 35.4 Å². The molecule has 1 nitrogen and oxygen atoms in total. The SMILES string of the molecule is Cc1cccc(C(F)CC(C)(C)N)c1. The molecule has 0 aliphatic carbocycles. The van der Waals surface area contributed by atoms with Gasteiger partial charge in [-0.05, 0) is 26.3 Å². The van der Waals surface area contributed by atoms with Crippen molar-refractivity contribution < 1.29 is 4.39 Å². The lowest BCUT2D eigenvalue weighted by molar-refractivity contribution is 0.267. The van der Waals surface area contributed by atoms with Gasteiger partial charge in [-0.3, -0.25) is 0 Å². The monoisotopic (exact) mass is 195 g/mol. The Balaban J connectivity index is 2.74. The predicted octanol–water partition coefficient (Wildman–Crippen LogP) is 3.13. The van der Waals surface area contributed by atoms with E-state index in [4.69, 9.17) is 5.73 Å². The Morgan fingerprint density at radius 1 is 1.43 bits per heavy atom. The van der Waals surface area contributed by atoms with Crippen molar-refractivity contribution in [1.29, 1.82) is 0 Å². The van der Waals surface area contributed by atoms with Crippen LogP contribution in [0.5, 0.6) is 0 Å². The zero-order chi connectivity index (χ0) is 10.8. The molecule has 78 valence electrons. The average molecular weight is 195 g/mol. The third kappa shape index (κ3) is 3.46. The Kier molecular flexibility index (Phi) is 3.27. The van der Waals surface area contributed by atoms with Crippen molar-refractivity contribution in [1.82, 2.24) is 0 Å². The van der Waals surface area contributed by atoms with E-state index < -0.39 is 11.7 Å². The minimum atomic E-state index is -0.963. The first-order chi connectivity index (χ1) is 6.38. The van der Waals surface area contributed by atoms with Crippen LogP contribution in [0.15, 0.2) is 24.3 Å². The van der Waals surface area contributed by atoms with E-state index in [0.717, 1.165) is 11.1 Å². The highest BCUT2D eigenvalue weighted by molar-refractivity contribution is 5.24. The molecule has 0 bridgehead atoms. The van der Waals surface area contributed by atoms with E-state index in [1.54, 1.807) is 0 Å². The Labute approximate surface area is 85.1 Å². The summed E-state index contributed by atoms with van der Waals surface area (Å²) >= 11 is 0. The third-order valence-electron chi connectivity index (χ3n) is 2.11. The smallest absolute Gasteiger partial charge is 0.127 e. The highest BCUT2D eigenvalue weighted by Crippen LogP contribution is 2.26. The Hall–Kier alpha value is -0.890. The first kappa shape index (κ1) is 11.2. The zero-order valence-electron chi connectivity index (χ0n) is 9.05. The van der Waals surface area contributed by atoms with Gasteiger partial charge in [-0.2, -0.15) is 0 Å². The van der Waals surface area contributed by atoms with Gasteiger partial charge < -0.3 is 5.73 Å². The Morgan fingerprint density at radius 3 is 2.57 bits per heavy atom. The van der Waals surface area contributed by atoms with Gasteiger partial charge in [0.25, 0.3) is 0 Å². The fourth-order valence-electron chi connectivity index (χ4n) is 1.44. The van der Waals surface area contributed by atoms with Crippen LogP contribution >= 0.6 is 0 Å². The first-order valence-electron chi connectivity index (χ1n) is 4.88. The molecule has 1 aromatic rings. The second-order valence-corrected chi connectivity index (χ2v) is 4.57. The fourth-order valence-corrected chi connectivity index (χ4v) is 1.44. The summed E-state index contributed by atoms with van der Waals surface area (Å²) in [6.45, 7) is 5.65. The maximum Gasteiger partial charge on any atom is 0.127 e. The van der Waals surface area contributed by atoms with Crippen LogP contribution in [0.3, 0.4) is 0 Å². The summed E-state index contributed by atoms with van der Waals surface area (Å²) in [5.41, 5.74) is 7.13. The molecule has 2 heteroatoms. The molecule has 0 saturated heterocycles. The van der Waals surface area contributed by atoms with Gasteiger partial charge in [0.1, 0.15) is 6.17 Å². The molecule has 0 aromatic heterocycles. The van der Waals surface area contributed by atoms with Crippen LogP contribution in [0.25, 0.3) is 0 Å². The Bertz CT molecular complexity index is 301. The van der Waals surface area contributed by atoms with E-state index >= 15 is 0 Å². The van der Waals surface area contributed by atoms with E-state index in [1.165, 1.54) is 0 Å². The lowest BCUT2D eigenvalue weighted by Crippen LogP contribution is -2.33. The van der Waals surface area contributed by atoms with E-state index in [0.29, 0.717) is 6.42 Å². The van der Waals surface area contributed by atoms with Crippen LogP contribution in [0.1, 0.15) is 37.6 Å². The van der Waals surface area contributed by atoms with Gasteiger partial charge in [-0.25, -0.2) is 4.39 Å². The number of rotatable bonds is 3. The van der Waals surface area contributed by atoms with Gasteiger partial charge in [0.15, 0.2) is 0 Å². The molecule has 0 radical (unpaired) electrons. The van der Waals surface area contributed by atoms with Crippen molar-refractivity contribution in [2.45, 2.75) is 38.9 Å². The molecule has 0 fully saturated rings. The summed E-state index contributed by atoms with van der Waals surface area (Å²) in [5, 5.41) is 0. The van der Waals surface area contributed by atoms with E-state index in [9.17, 15) is 4.39 Å². The first-order valence-corrected chi connectivity index (χ1v) is 4.88. The van der Waals surface area contributed by atoms with Crippen LogP contribution in [-0.4, -0.2) is 5.54 Å². The minimum Gasteiger partial charge on any atom is -0.325 e. The van der Waals surface area contributed by atoms with Gasteiger partial charge >= 0.3 is 0 Å². The number of benzene rings is 1. The number of hydrogen-bond acceptors (Lipinski definition) is 1. The third-order valence-corrected chi connectivity index (χ3v) is 2.11. The number of aryl methyl sites for hydroxylation is 1. The topological polar surface area (TPSA) is 26.0 Å². The second kappa shape index (κ2) is 4.09. The molecule has 1 aromatic carbocycles. The van der Waals surface area contributed by atoms with Crippen molar-refractivity contribution in [2.24, 2.45) is 5.73 Å². The van der Waals surface area contributed by atoms with Gasteiger partial charge in [-0.1, -0.05) is 29.8 Å². The lowest BCUT2D eigenvalue weighted by atomic mass is 9.94. The molecule has 1 atom stereocenters. The molecule has 0 aliphatic rings. The molecule has 0 amide bonds. The molecule has 2 N–H and O–H groups in total. The standard InChI is InChI=1S/C12H18FN/c1-9-5-4-6-10(7-9)11(13)8-12(2,3)14/h4-7,11H,8,14H2,1-3H3. The lowest BCUT2D eigenvalue weighted by Gasteiger charge is -2.21. The summed E-state index contributed by atoms with van der Waals surface area (Å²) in [5.74, 6) is 0. The number of alkyl halides is 1. The van der Waals surface area contributed by atoms with Crippen LogP contribution in [0.4, 0.5) is 4.39 Å². The summed E-state index contributed by atoms with van der Waals surface area (Å²) < 4.78 is 13.7. The molecule has 0 heterocycles. The molecule has 1 rings (SSSR count). The molecular weight excluding hydrogens is 177 g/mol. The molecule has 0 aliphatic heterocycles. The van der Waals surface area contributed by atoms with Gasteiger partial charge in [0.05, 0.1) is 0 Å². The van der Waals surface area contributed by atoms with Crippen LogP contribution < -0.4 is 5.73 Å². The van der Waals surface area contributed by atoms with Crippen molar-refractivity contribution >= 4 is 0 Å². The molecule has 1 unspecified atom stereocenters. The second-order valence-electron chi connectivity index (χ2n) is 4.57. The highest BCUT2D eigenvalue weighted by Gasteiger charge is 2.19. The van der Waals surface area contributed by atoms with Crippen molar-refractivity contribution in [3.8, 4) is 0 Å². The summed E-state index contributed by atoms with van der Waals surface area (Å²) in [7, 11) is 0. The predicted molar refractivity (Wildman–Crippen MR) is 57.9 cm³/mol. The summed E-state index contributed by atoms with van der Waals surface area (Å²) in [6.07, 6.45) is -0.605. The normalized spacial score (nSPS) is 14.1. The van der Waals surface area contributed by atoms with Gasteiger partial charge in [-0.15, -0.1) is 0 Å². The maximum atomic E-state index is 13.7. The van der Waals surface area contributed by atoms with E-state index in [2.05, 4.69) is 0 Å². The van der Waals surface area contributed by atoms with Crippen LogP contribution in [0, 0.1) is 6.92 Å². The van der Waals surface area contributed by atoms with Crippen molar-refractivity contribution in [2.75, 3.05) is 0 Å². The summed E-state index contributed by atoms with van der Waals surface area (Å²) in [6, 6.07) is 7.52. The number of halogens is 1. The number of nitrogens with two attached hydrogens (primary N) is 1.